The summed E-state index contributed by atoms with van der Waals surface area (Å²) in [7, 11) is -3.87. The van der Waals surface area contributed by atoms with Crippen molar-refractivity contribution < 1.29 is 17.9 Å². The molecule has 0 amide bonds. The van der Waals surface area contributed by atoms with Crippen LogP contribution < -0.4 is 0 Å². The van der Waals surface area contributed by atoms with E-state index < -0.39 is 10.0 Å². The van der Waals surface area contributed by atoms with E-state index in [0.29, 0.717) is 0 Å². The number of benzene rings is 1. The molecule has 29 heavy (non-hydrogen) atoms. The molecule has 0 saturated carbocycles. The number of nitrogens with zero attached hydrogens (tertiary/aromatic N) is 1. The minimum absolute atomic E-state index is 0.124. The van der Waals surface area contributed by atoms with Crippen molar-refractivity contribution in [2.45, 2.75) is 88.7 Å². The Balaban J connectivity index is 1.90. The molecule has 0 spiro atoms. The Bertz CT molecular complexity index is 790. The van der Waals surface area contributed by atoms with Gasteiger partial charge in [0.1, 0.15) is 6.10 Å². The van der Waals surface area contributed by atoms with Crippen LogP contribution in [0.15, 0.2) is 43.7 Å². The molecular formula is C22H32INO4S. The third-order valence-electron chi connectivity index (χ3n) is 4.98. The van der Waals surface area contributed by atoms with Crippen LogP contribution in [0, 0.1) is 6.92 Å². The van der Waals surface area contributed by atoms with E-state index in [1.807, 2.05) is 6.92 Å². The Morgan fingerprint density at radius 3 is 2.21 bits per heavy atom. The van der Waals surface area contributed by atoms with E-state index >= 15 is 0 Å². The Morgan fingerprint density at radius 1 is 1.03 bits per heavy atom. The summed E-state index contributed by atoms with van der Waals surface area (Å²) >= 11 is 2.11. The van der Waals surface area contributed by atoms with E-state index in [2.05, 4.69) is 40.5 Å². The van der Waals surface area contributed by atoms with E-state index in [1.54, 1.807) is 12.1 Å². The minimum atomic E-state index is -3.87. The standard InChI is InChI=1S/C22H32INO4S/c1-4-5-6-7-8-9-10-11-12-20-21(18(3)23)28-22(27-20)24-29(25,26)19-15-13-17(2)14-16-19/h13-16,20-21H,3-12H2,1-2H3/b24-22+/t20-,21-/m1/s1. The van der Waals surface area contributed by atoms with Gasteiger partial charge >= 0.3 is 6.08 Å². The zero-order chi connectivity index (χ0) is 21.3. The van der Waals surface area contributed by atoms with Crippen LogP contribution in [0.3, 0.4) is 0 Å². The Kier molecular flexibility index (Phi) is 9.95. The quantitative estimate of drug-likeness (QED) is 0.234. The average molecular weight is 533 g/mol. The lowest BCUT2D eigenvalue weighted by molar-refractivity contribution is 0.175. The number of rotatable bonds is 12. The molecule has 162 valence electrons. The molecule has 7 heteroatoms. The minimum Gasteiger partial charge on any atom is -0.442 e. The van der Waals surface area contributed by atoms with Crippen LogP contribution in [0.2, 0.25) is 0 Å². The highest BCUT2D eigenvalue weighted by Crippen LogP contribution is 2.29. The molecule has 5 nitrogen and oxygen atoms in total. The molecular weight excluding hydrogens is 501 g/mol. The second-order valence-electron chi connectivity index (χ2n) is 7.55. The Hall–Kier alpha value is -1.09. The molecule has 2 atom stereocenters. The summed E-state index contributed by atoms with van der Waals surface area (Å²) in [6.07, 6.45) is 9.86. The van der Waals surface area contributed by atoms with Crippen molar-refractivity contribution in [2.75, 3.05) is 0 Å². The summed E-state index contributed by atoms with van der Waals surface area (Å²) in [5.74, 6) is 0. The Morgan fingerprint density at radius 2 is 1.62 bits per heavy atom. The summed E-state index contributed by atoms with van der Waals surface area (Å²) < 4.78 is 41.0. The number of hydrogen-bond acceptors (Lipinski definition) is 4. The fourth-order valence-electron chi connectivity index (χ4n) is 3.26. The zero-order valence-corrected chi connectivity index (χ0v) is 20.4. The predicted octanol–water partition coefficient (Wildman–Crippen LogP) is 6.30. The van der Waals surface area contributed by atoms with Crippen molar-refractivity contribution in [3.8, 4) is 0 Å². The maximum absolute atomic E-state index is 12.5. The van der Waals surface area contributed by atoms with Crippen LogP contribution in [-0.2, 0) is 19.5 Å². The van der Waals surface area contributed by atoms with Crippen LogP contribution in [0.5, 0.6) is 0 Å². The van der Waals surface area contributed by atoms with Gasteiger partial charge in [0, 0.05) is 3.58 Å². The van der Waals surface area contributed by atoms with Gasteiger partial charge in [-0.25, -0.2) is 0 Å². The van der Waals surface area contributed by atoms with Gasteiger partial charge in [0.15, 0.2) is 6.10 Å². The molecule has 0 N–H and O–H groups in total. The first kappa shape index (κ1) is 24.2. The van der Waals surface area contributed by atoms with E-state index in [1.165, 1.54) is 50.7 Å². The van der Waals surface area contributed by atoms with Gasteiger partial charge in [-0.2, -0.15) is 8.42 Å². The van der Waals surface area contributed by atoms with Gasteiger partial charge in [-0.05, 0) is 54.5 Å². The lowest BCUT2D eigenvalue weighted by Gasteiger charge is -2.14. The zero-order valence-electron chi connectivity index (χ0n) is 17.4. The van der Waals surface area contributed by atoms with E-state index in [9.17, 15) is 8.42 Å². The number of ether oxygens (including phenoxy) is 2. The summed E-state index contributed by atoms with van der Waals surface area (Å²) in [4.78, 5) is 0.124. The molecule has 1 fully saturated rings. The number of aryl methyl sites for hydroxylation is 1. The fraction of sp³-hybridized carbons (Fsp3) is 0.591. The van der Waals surface area contributed by atoms with Gasteiger partial charge in [-0.15, -0.1) is 0 Å². The van der Waals surface area contributed by atoms with E-state index in [-0.39, 0.29) is 23.2 Å². The van der Waals surface area contributed by atoms with Crippen LogP contribution in [0.1, 0.15) is 70.3 Å². The average Bonchev–Trinajstić information content (AvgIpc) is 3.06. The normalized spacial score (nSPS) is 20.4. The smallest absolute Gasteiger partial charge is 0.401 e. The molecule has 1 aromatic carbocycles. The van der Waals surface area contributed by atoms with Crippen molar-refractivity contribution in [1.82, 2.24) is 0 Å². The predicted molar refractivity (Wildman–Crippen MR) is 126 cm³/mol. The van der Waals surface area contributed by atoms with Crippen LogP contribution >= 0.6 is 22.6 Å². The van der Waals surface area contributed by atoms with Gasteiger partial charge in [-0.3, -0.25) is 0 Å². The first-order valence-corrected chi connectivity index (χ1v) is 12.9. The molecule has 1 aromatic rings. The van der Waals surface area contributed by atoms with Gasteiger partial charge < -0.3 is 9.47 Å². The van der Waals surface area contributed by atoms with Gasteiger partial charge in [0.05, 0.1) is 4.90 Å². The van der Waals surface area contributed by atoms with Crippen LogP contribution in [-0.4, -0.2) is 26.7 Å². The Labute approximate surface area is 189 Å². The summed E-state index contributed by atoms with van der Waals surface area (Å²) in [6.45, 7) is 8.08. The summed E-state index contributed by atoms with van der Waals surface area (Å²) in [6, 6.07) is 6.56. The maximum atomic E-state index is 12.5. The van der Waals surface area contributed by atoms with Crippen molar-refractivity contribution in [3.05, 3.63) is 40.0 Å². The fourth-order valence-corrected chi connectivity index (χ4v) is 4.66. The van der Waals surface area contributed by atoms with Crippen molar-refractivity contribution in [3.63, 3.8) is 0 Å². The second-order valence-corrected chi connectivity index (χ2v) is 10.5. The number of unbranched alkanes of at least 4 members (excludes halogenated alkanes) is 7. The number of halogens is 1. The molecule has 0 unspecified atom stereocenters. The molecule has 1 aliphatic rings. The summed E-state index contributed by atoms with van der Waals surface area (Å²) in [5, 5.41) is 0. The molecule has 2 rings (SSSR count). The SMILES string of the molecule is C=C(I)[C@H]1O/C(=N/S(=O)(=O)c2ccc(C)cc2)O[C@@H]1CCCCCCCCCC. The number of sulfonamides is 1. The lowest BCUT2D eigenvalue weighted by atomic mass is 10.0. The van der Waals surface area contributed by atoms with Gasteiger partial charge in [0.25, 0.3) is 10.0 Å². The van der Waals surface area contributed by atoms with Crippen LogP contribution in [0.25, 0.3) is 0 Å². The van der Waals surface area contributed by atoms with Gasteiger partial charge in [0.2, 0.25) is 0 Å². The summed E-state index contributed by atoms with van der Waals surface area (Å²) in [5.41, 5.74) is 0.983. The molecule has 0 aromatic heterocycles. The molecule has 1 saturated heterocycles. The van der Waals surface area contributed by atoms with Crippen LogP contribution in [0.4, 0.5) is 0 Å². The van der Waals surface area contributed by atoms with Gasteiger partial charge in [-0.1, -0.05) is 80.5 Å². The third-order valence-corrected chi connectivity index (χ3v) is 6.85. The molecule has 0 aliphatic carbocycles. The third kappa shape index (κ3) is 7.92. The van der Waals surface area contributed by atoms with E-state index in [4.69, 9.17) is 9.47 Å². The molecule has 1 heterocycles. The molecule has 0 bridgehead atoms. The maximum Gasteiger partial charge on any atom is 0.401 e. The second kappa shape index (κ2) is 11.9. The largest absolute Gasteiger partial charge is 0.442 e. The monoisotopic (exact) mass is 533 g/mol. The highest BCUT2D eigenvalue weighted by molar-refractivity contribution is 14.1. The number of hydrogen-bond donors (Lipinski definition) is 0. The lowest BCUT2D eigenvalue weighted by Crippen LogP contribution is -2.22. The van der Waals surface area contributed by atoms with E-state index in [0.717, 1.165) is 28.4 Å². The highest BCUT2D eigenvalue weighted by atomic mass is 127. The first-order valence-electron chi connectivity index (χ1n) is 10.4. The first-order chi connectivity index (χ1) is 13.8. The molecule has 0 radical (unpaired) electrons. The topological polar surface area (TPSA) is 65.0 Å². The van der Waals surface area contributed by atoms with Crippen molar-refractivity contribution >= 4 is 38.7 Å². The van der Waals surface area contributed by atoms with Crippen molar-refractivity contribution in [1.29, 1.82) is 0 Å². The molecule has 1 aliphatic heterocycles. The van der Waals surface area contributed by atoms with Crippen molar-refractivity contribution in [2.24, 2.45) is 4.40 Å². The highest BCUT2D eigenvalue weighted by Gasteiger charge is 2.37.